The first-order valence-electron chi connectivity index (χ1n) is 10.7. The van der Waals surface area contributed by atoms with Crippen molar-refractivity contribution < 1.29 is 9.13 Å². The summed E-state index contributed by atoms with van der Waals surface area (Å²) in [7, 11) is 1.58. The van der Waals surface area contributed by atoms with Gasteiger partial charge in [-0.1, -0.05) is 43.6 Å². The maximum absolute atomic E-state index is 15.0. The lowest BCUT2D eigenvalue weighted by Gasteiger charge is -2.24. The summed E-state index contributed by atoms with van der Waals surface area (Å²) < 4.78 is 22.7. The highest BCUT2D eigenvalue weighted by molar-refractivity contribution is 7.15. The van der Waals surface area contributed by atoms with Crippen LogP contribution in [0.3, 0.4) is 0 Å². The summed E-state index contributed by atoms with van der Waals surface area (Å²) in [6, 6.07) is 5.33. The van der Waals surface area contributed by atoms with Gasteiger partial charge in [-0.3, -0.25) is 4.40 Å². The summed E-state index contributed by atoms with van der Waals surface area (Å²) in [5.41, 5.74) is 3.50. The number of benzene rings is 1. The molecule has 4 nitrogen and oxygen atoms in total. The number of aromatic nitrogens is 2. The third kappa shape index (κ3) is 3.43. The Hall–Kier alpha value is -2.60. The molecule has 0 aliphatic heterocycles. The average Bonchev–Trinajstić information content (AvgIpc) is 3.35. The number of rotatable bonds is 5. The molecule has 3 aromatic rings. The van der Waals surface area contributed by atoms with E-state index in [4.69, 9.17) is 9.72 Å². The van der Waals surface area contributed by atoms with Crippen LogP contribution in [0.1, 0.15) is 50.6 Å². The van der Waals surface area contributed by atoms with Crippen LogP contribution in [0.5, 0.6) is 5.75 Å². The number of ether oxygens (including phenoxy) is 1. The molecule has 2 aliphatic rings. The van der Waals surface area contributed by atoms with Gasteiger partial charge in [0.1, 0.15) is 23.1 Å². The van der Waals surface area contributed by atoms with E-state index < -0.39 is 0 Å². The number of halogens is 1. The Labute approximate surface area is 180 Å². The molecule has 0 radical (unpaired) electrons. The molecule has 30 heavy (non-hydrogen) atoms. The van der Waals surface area contributed by atoms with Gasteiger partial charge in [-0.2, -0.15) is 0 Å². The Balaban J connectivity index is 1.70. The highest BCUT2D eigenvalue weighted by atomic mass is 32.1. The van der Waals surface area contributed by atoms with E-state index in [0.717, 1.165) is 42.2 Å². The molecule has 6 heteroatoms. The number of anilines is 1. The van der Waals surface area contributed by atoms with Crippen molar-refractivity contribution in [2.24, 2.45) is 0 Å². The Morgan fingerprint density at radius 2 is 2.10 bits per heavy atom. The zero-order chi connectivity index (χ0) is 20.5. The van der Waals surface area contributed by atoms with Crippen molar-refractivity contribution in [1.82, 2.24) is 9.38 Å². The number of allylic oxidation sites excluding steroid dienone is 4. The van der Waals surface area contributed by atoms with Crippen LogP contribution < -0.4 is 10.1 Å². The molecule has 2 heterocycles. The van der Waals surface area contributed by atoms with E-state index in [-0.39, 0.29) is 5.82 Å². The first-order valence-corrected chi connectivity index (χ1v) is 11.6. The molecule has 0 amide bonds. The topological polar surface area (TPSA) is 38.6 Å². The van der Waals surface area contributed by atoms with E-state index >= 15 is 0 Å². The minimum Gasteiger partial charge on any atom is -0.496 e. The van der Waals surface area contributed by atoms with Gasteiger partial charge >= 0.3 is 0 Å². The molecule has 0 bridgehead atoms. The average molecular weight is 424 g/mol. The number of fused-ring (bicyclic) bond motifs is 1. The van der Waals surface area contributed by atoms with Gasteiger partial charge < -0.3 is 10.1 Å². The highest BCUT2D eigenvalue weighted by Gasteiger charge is 2.26. The van der Waals surface area contributed by atoms with Gasteiger partial charge in [-0.15, -0.1) is 11.3 Å². The Morgan fingerprint density at radius 3 is 2.87 bits per heavy atom. The monoisotopic (exact) mass is 423 g/mol. The fourth-order valence-electron chi connectivity index (χ4n) is 4.55. The number of imidazole rings is 1. The van der Waals surface area contributed by atoms with Crippen LogP contribution in [0, 0.1) is 5.82 Å². The first-order chi connectivity index (χ1) is 14.8. The van der Waals surface area contributed by atoms with Crippen LogP contribution >= 0.6 is 11.3 Å². The second-order valence-electron chi connectivity index (χ2n) is 8.00. The summed E-state index contributed by atoms with van der Waals surface area (Å²) in [6.07, 6.45) is 14.5. The molecule has 5 rings (SSSR count). The van der Waals surface area contributed by atoms with Crippen molar-refractivity contribution in [3.8, 4) is 17.0 Å². The lowest BCUT2D eigenvalue weighted by atomic mass is 9.95. The summed E-state index contributed by atoms with van der Waals surface area (Å²) >= 11 is 1.60. The molecular formula is C24H26FN3OS. The number of methoxy groups -OCH3 is 1. The molecular weight excluding hydrogens is 397 g/mol. The van der Waals surface area contributed by atoms with E-state index in [1.54, 1.807) is 30.6 Å². The van der Waals surface area contributed by atoms with Crippen molar-refractivity contribution in [1.29, 1.82) is 0 Å². The molecule has 0 atom stereocenters. The molecule has 0 unspecified atom stereocenters. The van der Waals surface area contributed by atoms with Gasteiger partial charge in [0.2, 0.25) is 0 Å². The van der Waals surface area contributed by atoms with Gasteiger partial charge in [0.25, 0.3) is 0 Å². The third-order valence-electron chi connectivity index (χ3n) is 6.08. The molecule has 1 aromatic carbocycles. The molecule has 156 valence electrons. The van der Waals surface area contributed by atoms with Crippen molar-refractivity contribution in [2.45, 2.75) is 51.0 Å². The molecule has 2 aliphatic carbocycles. The van der Waals surface area contributed by atoms with E-state index in [1.165, 1.54) is 30.9 Å². The van der Waals surface area contributed by atoms with Crippen LogP contribution in [-0.4, -0.2) is 22.5 Å². The van der Waals surface area contributed by atoms with Crippen LogP contribution in [0.4, 0.5) is 10.2 Å². The van der Waals surface area contributed by atoms with Crippen LogP contribution in [0.25, 0.3) is 21.8 Å². The zero-order valence-electron chi connectivity index (χ0n) is 17.2. The van der Waals surface area contributed by atoms with Gasteiger partial charge in [0.05, 0.1) is 18.4 Å². The van der Waals surface area contributed by atoms with E-state index in [0.29, 0.717) is 23.0 Å². The standard InChI is InChI=1S/C24H26FN3OS/c1-29-20-14-8-13-18(25)21(20)22-23(26-17-11-6-3-7-12-17)28-19(15-30-24(28)27-22)16-9-4-2-5-10-16/h2,4,8-9,13-15,17,26H,3,5-7,10-12H2,1H3. The summed E-state index contributed by atoms with van der Waals surface area (Å²) in [5, 5.41) is 5.92. The Kier molecular flexibility index (Phi) is 5.34. The normalized spacial score (nSPS) is 17.3. The summed E-state index contributed by atoms with van der Waals surface area (Å²) in [4.78, 5) is 5.76. The van der Waals surface area contributed by atoms with Gasteiger partial charge in [0.15, 0.2) is 4.96 Å². The second kappa shape index (κ2) is 8.26. The molecule has 1 saturated carbocycles. The van der Waals surface area contributed by atoms with Crippen molar-refractivity contribution >= 4 is 27.7 Å². The molecule has 0 spiro atoms. The number of hydrogen-bond acceptors (Lipinski definition) is 4. The molecule has 1 N–H and O–H groups in total. The minimum atomic E-state index is -0.312. The predicted molar refractivity (Wildman–Crippen MR) is 122 cm³/mol. The number of thiazole rings is 1. The Morgan fingerprint density at radius 1 is 1.23 bits per heavy atom. The zero-order valence-corrected chi connectivity index (χ0v) is 18.0. The van der Waals surface area contributed by atoms with Crippen molar-refractivity contribution in [3.63, 3.8) is 0 Å². The van der Waals surface area contributed by atoms with Crippen molar-refractivity contribution in [3.05, 3.63) is 53.3 Å². The van der Waals surface area contributed by atoms with Crippen LogP contribution in [-0.2, 0) is 0 Å². The first kappa shape index (κ1) is 19.4. The highest BCUT2D eigenvalue weighted by Crippen LogP contribution is 2.41. The summed E-state index contributed by atoms with van der Waals surface area (Å²) in [5.74, 6) is 1.08. The summed E-state index contributed by atoms with van der Waals surface area (Å²) in [6.45, 7) is 0. The SMILES string of the molecule is COc1cccc(F)c1-c1nc2scc(C3=CC=CCC3)n2c1NC1CCCCC1. The lowest BCUT2D eigenvalue weighted by molar-refractivity contribution is 0.413. The molecule has 2 aromatic heterocycles. The van der Waals surface area contributed by atoms with Gasteiger partial charge in [0, 0.05) is 11.4 Å². The number of nitrogens with one attached hydrogen (secondary N) is 1. The van der Waals surface area contributed by atoms with Crippen LogP contribution in [0.15, 0.2) is 41.8 Å². The predicted octanol–water partition coefficient (Wildman–Crippen LogP) is 6.69. The molecule has 1 fully saturated rings. The second-order valence-corrected chi connectivity index (χ2v) is 8.84. The van der Waals surface area contributed by atoms with Crippen molar-refractivity contribution in [2.75, 3.05) is 12.4 Å². The third-order valence-corrected chi connectivity index (χ3v) is 6.91. The van der Waals surface area contributed by atoms with E-state index in [1.807, 2.05) is 0 Å². The smallest absolute Gasteiger partial charge is 0.196 e. The molecule has 0 saturated heterocycles. The minimum absolute atomic E-state index is 0.312. The van der Waals surface area contributed by atoms with E-state index in [9.17, 15) is 4.39 Å². The van der Waals surface area contributed by atoms with Gasteiger partial charge in [-0.05, 0) is 43.4 Å². The fourth-order valence-corrected chi connectivity index (χ4v) is 5.46. The lowest BCUT2D eigenvalue weighted by Crippen LogP contribution is -2.23. The largest absolute Gasteiger partial charge is 0.496 e. The quantitative estimate of drug-likeness (QED) is 0.497. The van der Waals surface area contributed by atoms with Crippen LogP contribution in [0.2, 0.25) is 0 Å². The Bertz CT molecular complexity index is 1120. The van der Waals surface area contributed by atoms with Gasteiger partial charge in [-0.25, -0.2) is 9.37 Å². The fraction of sp³-hybridized carbons (Fsp3) is 0.375. The maximum Gasteiger partial charge on any atom is 0.196 e. The number of hydrogen-bond donors (Lipinski definition) is 1. The maximum atomic E-state index is 15.0. The number of nitrogens with zero attached hydrogens (tertiary/aromatic N) is 2. The van der Waals surface area contributed by atoms with E-state index in [2.05, 4.69) is 33.3 Å².